The van der Waals surface area contributed by atoms with Crippen LogP contribution >= 0.6 is 0 Å². The van der Waals surface area contributed by atoms with Gasteiger partial charge in [0.2, 0.25) is 11.8 Å². The Balaban J connectivity index is 1.20. The summed E-state index contributed by atoms with van der Waals surface area (Å²) in [6.45, 7) is 1.86. The van der Waals surface area contributed by atoms with E-state index in [0.29, 0.717) is 48.3 Å². The minimum atomic E-state index is -1.94. The van der Waals surface area contributed by atoms with Gasteiger partial charge in [0.15, 0.2) is 5.60 Å². The molecule has 0 aromatic heterocycles. The molecule has 7 rings (SSSR count). The van der Waals surface area contributed by atoms with Crippen LogP contribution in [0.4, 0.5) is 17.1 Å². The van der Waals surface area contributed by atoms with Gasteiger partial charge >= 0.3 is 0 Å². The Morgan fingerprint density at radius 1 is 0.745 bits per heavy atom. The summed E-state index contributed by atoms with van der Waals surface area (Å²) in [6, 6.07) is 32.0. The maximum Gasteiger partial charge on any atom is 0.264 e. The zero-order valence-corrected chi connectivity index (χ0v) is 28.4. The molecule has 4 aromatic rings. The predicted octanol–water partition coefficient (Wildman–Crippen LogP) is 6.06. The molecule has 4 aromatic carbocycles. The molecular formula is C41H39N5O5. The number of hydrogen-bond donors (Lipinski definition) is 2. The van der Waals surface area contributed by atoms with E-state index in [1.165, 1.54) is 10.0 Å². The molecule has 0 spiro atoms. The Morgan fingerprint density at radius 2 is 1.29 bits per heavy atom. The van der Waals surface area contributed by atoms with E-state index in [2.05, 4.69) is 5.10 Å². The van der Waals surface area contributed by atoms with Crippen molar-refractivity contribution in [2.45, 2.75) is 51.2 Å². The average molecular weight is 682 g/mol. The minimum absolute atomic E-state index is 0.0564. The van der Waals surface area contributed by atoms with Gasteiger partial charge in [0, 0.05) is 43.8 Å². The van der Waals surface area contributed by atoms with Gasteiger partial charge in [0.25, 0.3) is 5.91 Å². The first kappa shape index (κ1) is 33.8. The highest BCUT2D eigenvalue weighted by molar-refractivity contribution is 6.11. The van der Waals surface area contributed by atoms with Gasteiger partial charge in [-0.2, -0.15) is 10.2 Å². The molecule has 0 unspecified atom stereocenters. The number of aliphatic hydroxyl groups excluding tert-OH is 1. The van der Waals surface area contributed by atoms with Crippen molar-refractivity contribution >= 4 is 46.2 Å². The first-order valence-corrected chi connectivity index (χ1v) is 17.2. The first-order chi connectivity index (χ1) is 24.8. The largest absolute Gasteiger partial charge is 0.396 e. The zero-order valence-electron chi connectivity index (χ0n) is 28.4. The summed E-state index contributed by atoms with van der Waals surface area (Å²) in [4.78, 5) is 41.9. The molecule has 3 aliphatic rings. The van der Waals surface area contributed by atoms with E-state index < -0.39 is 17.4 Å². The van der Waals surface area contributed by atoms with Crippen LogP contribution in [0.3, 0.4) is 0 Å². The number of nitrogens with zero attached hydrogens (tertiary/aromatic N) is 5. The highest BCUT2D eigenvalue weighted by Crippen LogP contribution is 2.47. The van der Waals surface area contributed by atoms with Crippen molar-refractivity contribution in [2.24, 2.45) is 16.1 Å². The molecule has 0 saturated carbocycles. The Morgan fingerprint density at radius 3 is 1.86 bits per heavy atom. The van der Waals surface area contributed by atoms with Crippen LogP contribution in [0.1, 0.15) is 61.3 Å². The van der Waals surface area contributed by atoms with Gasteiger partial charge < -0.3 is 15.1 Å². The fourth-order valence-corrected chi connectivity index (χ4v) is 6.85. The second-order valence-electron chi connectivity index (χ2n) is 13.0. The Hall–Kier alpha value is -5.71. The summed E-state index contributed by atoms with van der Waals surface area (Å²) in [7, 11) is 0. The number of fused-ring (bicyclic) bond motifs is 1. The SMILES string of the molecule is C[C@@H](/C=C/CCO)[C@]1(O)C(=O)N(Cc2ccc(N3N=C(c4ccccc4)CCC3=O)cc2)c2ccc(N3N=C(c4ccccc4)CCC3=O)cc21. The Labute approximate surface area is 296 Å². The van der Waals surface area contributed by atoms with E-state index in [1.54, 1.807) is 42.2 Å². The van der Waals surface area contributed by atoms with Crippen molar-refractivity contribution < 1.29 is 24.6 Å². The molecule has 0 saturated heterocycles. The third-order valence-corrected chi connectivity index (χ3v) is 9.68. The smallest absolute Gasteiger partial charge is 0.264 e. The maximum atomic E-state index is 14.3. The van der Waals surface area contributed by atoms with Gasteiger partial charge in [-0.3, -0.25) is 14.4 Å². The lowest BCUT2D eigenvalue weighted by molar-refractivity contribution is -0.139. The van der Waals surface area contributed by atoms with Crippen LogP contribution in [0, 0.1) is 5.92 Å². The third-order valence-electron chi connectivity index (χ3n) is 9.68. The normalized spacial score (nSPS) is 19.7. The maximum absolute atomic E-state index is 14.3. The van der Waals surface area contributed by atoms with Crippen LogP contribution < -0.4 is 14.9 Å². The highest BCUT2D eigenvalue weighted by atomic mass is 16.3. The summed E-state index contributed by atoms with van der Waals surface area (Å²) < 4.78 is 0. The van der Waals surface area contributed by atoms with Crippen LogP contribution in [0.2, 0.25) is 0 Å². The second-order valence-corrected chi connectivity index (χ2v) is 13.0. The molecule has 258 valence electrons. The van der Waals surface area contributed by atoms with Gasteiger partial charge in [0.05, 0.1) is 35.0 Å². The van der Waals surface area contributed by atoms with E-state index in [4.69, 9.17) is 5.10 Å². The molecule has 0 aliphatic carbocycles. The quantitative estimate of drug-likeness (QED) is 0.197. The number of anilines is 3. The van der Waals surface area contributed by atoms with E-state index in [-0.39, 0.29) is 31.4 Å². The molecule has 2 atom stereocenters. The van der Waals surface area contributed by atoms with Crippen molar-refractivity contribution in [2.75, 3.05) is 21.5 Å². The van der Waals surface area contributed by atoms with Gasteiger partial charge in [-0.05, 0) is 53.4 Å². The molecule has 3 heterocycles. The van der Waals surface area contributed by atoms with Gasteiger partial charge in [-0.15, -0.1) is 0 Å². The lowest BCUT2D eigenvalue weighted by Crippen LogP contribution is -2.44. The van der Waals surface area contributed by atoms with E-state index in [0.717, 1.165) is 28.1 Å². The summed E-state index contributed by atoms with van der Waals surface area (Å²) >= 11 is 0. The van der Waals surface area contributed by atoms with Crippen LogP contribution in [-0.4, -0.2) is 46.0 Å². The van der Waals surface area contributed by atoms with Crippen molar-refractivity contribution in [1.82, 2.24) is 0 Å². The van der Waals surface area contributed by atoms with E-state index in [1.807, 2.05) is 84.9 Å². The van der Waals surface area contributed by atoms with Gasteiger partial charge in [-0.25, -0.2) is 10.0 Å². The number of carbonyl (C=O) groups excluding carboxylic acids is 3. The number of amides is 3. The minimum Gasteiger partial charge on any atom is -0.396 e. The van der Waals surface area contributed by atoms with Gasteiger partial charge in [0.1, 0.15) is 0 Å². The number of aliphatic hydroxyl groups is 2. The molecular weight excluding hydrogens is 642 g/mol. The highest BCUT2D eigenvalue weighted by Gasteiger charge is 2.53. The number of hydrazone groups is 2. The molecule has 0 fully saturated rings. The molecule has 0 bridgehead atoms. The fourth-order valence-electron chi connectivity index (χ4n) is 6.85. The van der Waals surface area contributed by atoms with Crippen LogP contribution in [0.25, 0.3) is 0 Å². The molecule has 0 radical (unpaired) electrons. The third kappa shape index (κ3) is 6.51. The first-order valence-electron chi connectivity index (χ1n) is 17.2. The summed E-state index contributed by atoms with van der Waals surface area (Å²) in [5.74, 6) is -1.42. The van der Waals surface area contributed by atoms with Crippen molar-refractivity contribution in [3.8, 4) is 0 Å². The summed E-state index contributed by atoms with van der Waals surface area (Å²) in [6.07, 6.45) is 5.57. The molecule has 3 amide bonds. The molecule has 51 heavy (non-hydrogen) atoms. The van der Waals surface area contributed by atoms with Crippen LogP contribution in [0.5, 0.6) is 0 Å². The standard InChI is InChI=1S/C41H39N5O5/c1-28(10-8-9-25-47)41(51)34-26-33(46-39(49)24-21-36(43-46)31-13-6-3-7-14-31)19-22-37(34)44(40(41)50)27-29-15-17-32(18-16-29)45-38(48)23-20-35(42-45)30-11-4-2-5-12-30/h2-8,10-19,22,26,28,47,51H,9,20-21,23-25,27H2,1H3/b10-8+/t28-,41+/m0/s1. The number of hydrogen-bond acceptors (Lipinski definition) is 7. The molecule has 10 nitrogen and oxygen atoms in total. The monoisotopic (exact) mass is 681 g/mol. The van der Waals surface area contributed by atoms with E-state index in [9.17, 15) is 24.6 Å². The lowest BCUT2D eigenvalue weighted by atomic mass is 9.82. The van der Waals surface area contributed by atoms with Crippen LogP contribution in [0.15, 0.2) is 125 Å². The van der Waals surface area contributed by atoms with Gasteiger partial charge in [-0.1, -0.05) is 91.9 Å². The van der Waals surface area contributed by atoms with Crippen molar-refractivity contribution in [1.29, 1.82) is 0 Å². The molecule has 2 N–H and O–H groups in total. The lowest BCUT2D eigenvalue weighted by Gasteiger charge is -2.28. The Bertz CT molecular complexity index is 2040. The van der Waals surface area contributed by atoms with Crippen LogP contribution in [-0.2, 0) is 26.5 Å². The molecule has 3 aliphatic heterocycles. The Kier molecular flexibility index (Phi) is 9.44. The number of carbonyl (C=O) groups is 3. The second kappa shape index (κ2) is 14.3. The van der Waals surface area contributed by atoms with E-state index >= 15 is 0 Å². The molecule has 10 heteroatoms. The summed E-state index contributed by atoms with van der Waals surface area (Å²) in [5.41, 5.74) is 4.34. The van der Waals surface area contributed by atoms with Crippen molar-refractivity contribution in [3.05, 3.63) is 138 Å². The summed E-state index contributed by atoms with van der Waals surface area (Å²) in [5, 5.41) is 33.8. The van der Waals surface area contributed by atoms with Crippen molar-refractivity contribution in [3.63, 3.8) is 0 Å². The topological polar surface area (TPSA) is 126 Å². The average Bonchev–Trinajstić information content (AvgIpc) is 3.38. The number of benzene rings is 4. The number of rotatable bonds is 10. The predicted molar refractivity (Wildman–Crippen MR) is 197 cm³/mol. The zero-order chi connectivity index (χ0) is 35.5. The fraction of sp³-hybridized carbons (Fsp3) is 0.244.